The van der Waals surface area contributed by atoms with Crippen molar-refractivity contribution in [3.8, 4) is 17.3 Å². The van der Waals surface area contributed by atoms with Gasteiger partial charge in [-0.1, -0.05) is 24.9 Å². The van der Waals surface area contributed by atoms with E-state index in [4.69, 9.17) is 11.6 Å². The number of amides is 1. The molecule has 39 heavy (non-hydrogen) atoms. The average Bonchev–Trinajstić information content (AvgIpc) is 3.34. The van der Waals surface area contributed by atoms with E-state index in [0.29, 0.717) is 56.9 Å². The van der Waals surface area contributed by atoms with Crippen LogP contribution in [0.25, 0.3) is 16.8 Å². The predicted molar refractivity (Wildman–Crippen MR) is 142 cm³/mol. The van der Waals surface area contributed by atoms with Crippen molar-refractivity contribution in [1.29, 1.82) is 5.26 Å². The first-order valence-electron chi connectivity index (χ1n) is 12.4. The zero-order chi connectivity index (χ0) is 27.7. The number of pyridine rings is 1. The zero-order valence-corrected chi connectivity index (χ0v) is 21.7. The molecule has 2 aromatic heterocycles. The SMILES string of the molecule is C[C@@H]1CCC[C@H](N2C=CC(c3cc(Cl)ccc3C#N)=CC2O)c2cc(ccn2)-c2c(cnn2C(F)F)NC1=O. The first-order valence-corrected chi connectivity index (χ1v) is 12.8. The lowest BCUT2D eigenvalue weighted by atomic mass is 9.94. The van der Waals surface area contributed by atoms with Crippen LogP contribution in [0.15, 0.2) is 61.1 Å². The number of aliphatic hydroxyl groups is 1. The fraction of sp³-hybridized carbons (Fsp3) is 0.286. The third-order valence-electron chi connectivity index (χ3n) is 7.03. The number of allylic oxidation sites excluding steroid dienone is 2. The van der Waals surface area contributed by atoms with Crippen LogP contribution < -0.4 is 5.32 Å². The maximum Gasteiger partial charge on any atom is 0.333 e. The molecule has 1 aromatic carbocycles. The molecule has 0 aliphatic carbocycles. The molecule has 0 spiro atoms. The molecular formula is C28H25ClF2N6O2. The molecule has 200 valence electrons. The highest BCUT2D eigenvalue weighted by Crippen LogP contribution is 2.37. The summed E-state index contributed by atoms with van der Waals surface area (Å²) in [6, 6.07) is 9.93. The van der Waals surface area contributed by atoms with Crippen LogP contribution in [0.4, 0.5) is 14.5 Å². The van der Waals surface area contributed by atoms with Crippen LogP contribution in [0.5, 0.6) is 0 Å². The van der Waals surface area contributed by atoms with Crippen LogP contribution in [-0.2, 0) is 4.79 Å². The molecular weight excluding hydrogens is 526 g/mol. The van der Waals surface area contributed by atoms with E-state index in [2.05, 4.69) is 21.5 Å². The average molecular weight is 551 g/mol. The number of benzene rings is 1. The smallest absolute Gasteiger partial charge is 0.333 e. The Kier molecular flexibility index (Phi) is 7.46. The quantitative estimate of drug-likeness (QED) is 0.421. The molecule has 1 amide bonds. The number of nitriles is 1. The summed E-state index contributed by atoms with van der Waals surface area (Å²) in [4.78, 5) is 19.1. The molecule has 0 saturated heterocycles. The van der Waals surface area contributed by atoms with Crippen molar-refractivity contribution < 1.29 is 18.7 Å². The maximum absolute atomic E-state index is 13.8. The van der Waals surface area contributed by atoms with Gasteiger partial charge in [-0.05, 0) is 60.9 Å². The second-order valence-electron chi connectivity index (χ2n) is 9.54. The van der Waals surface area contributed by atoms with Crippen molar-refractivity contribution in [2.24, 2.45) is 5.92 Å². The maximum atomic E-state index is 13.8. The number of alkyl halides is 2. The van der Waals surface area contributed by atoms with E-state index < -0.39 is 18.8 Å². The van der Waals surface area contributed by atoms with Gasteiger partial charge in [-0.3, -0.25) is 9.78 Å². The molecule has 3 atom stereocenters. The number of hydrogen-bond acceptors (Lipinski definition) is 6. The topological polar surface area (TPSA) is 107 Å². The number of anilines is 1. The third kappa shape index (κ3) is 5.28. The molecule has 4 heterocycles. The minimum absolute atomic E-state index is 0.0791. The van der Waals surface area contributed by atoms with E-state index >= 15 is 0 Å². The summed E-state index contributed by atoms with van der Waals surface area (Å²) in [7, 11) is 0. The van der Waals surface area contributed by atoms with Gasteiger partial charge in [-0.25, -0.2) is 4.68 Å². The second kappa shape index (κ2) is 11.0. The Hall–Kier alpha value is -4.07. The first-order chi connectivity index (χ1) is 18.8. The highest BCUT2D eigenvalue weighted by atomic mass is 35.5. The van der Waals surface area contributed by atoms with Crippen LogP contribution in [-0.4, -0.2) is 36.9 Å². The van der Waals surface area contributed by atoms with Crippen molar-refractivity contribution >= 4 is 28.8 Å². The fourth-order valence-corrected chi connectivity index (χ4v) is 5.17. The minimum atomic E-state index is -2.91. The summed E-state index contributed by atoms with van der Waals surface area (Å²) in [6.07, 6.45) is 8.57. The lowest BCUT2D eigenvalue weighted by Crippen LogP contribution is -2.35. The van der Waals surface area contributed by atoms with Gasteiger partial charge in [0.25, 0.3) is 0 Å². The van der Waals surface area contributed by atoms with Gasteiger partial charge >= 0.3 is 6.55 Å². The molecule has 2 aliphatic rings. The molecule has 1 unspecified atom stereocenters. The Balaban J connectivity index is 1.55. The lowest BCUT2D eigenvalue weighted by molar-refractivity contribution is -0.119. The Labute approximate surface area is 228 Å². The van der Waals surface area contributed by atoms with Crippen LogP contribution in [0.1, 0.15) is 55.6 Å². The summed E-state index contributed by atoms with van der Waals surface area (Å²) in [6.45, 7) is -1.13. The fourth-order valence-electron chi connectivity index (χ4n) is 5.00. The van der Waals surface area contributed by atoms with Gasteiger partial charge in [0, 0.05) is 34.5 Å². The number of aliphatic hydroxyl groups excluding tert-OH is 1. The Morgan fingerprint density at radius 1 is 1.26 bits per heavy atom. The van der Waals surface area contributed by atoms with Crippen molar-refractivity contribution in [3.05, 3.63) is 82.9 Å². The standard InChI is InChI=1S/C28H25ClF2N6O2/c1-16-3-2-4-24(36-10-8-17(12-25(36)38)21-13-20(29)6-5-19(21)14-32)22-11-18(7-9-33-22)26-23(35-27(16)39)15-34-37(26)28(30)31/h5-13,15-16,24-25,28,38H,2-4H2,1H3,(H,35,39)/t16-,24+,25?/m1/s1. The normalized spacial score (nSPS) is 21.4. The highest BCUT2D eigenvalue weighted by molar-refractivity contribution is 6.30. The second-order valence-corrected chi connectivity index (χ2v) is 9.97. The van der Waals surface area contributed by atoms with E-state index in [1.807, 2.05) is 0 Å². The number of aromatic nitrogens is 3. The van der Waals surface area contributed by atoms with Crippen molar-refractivity contribution in [2.75, 3.05) is 5.32 Å². The minimum Gasteiger partial charge on any atom is -0.370 e. The molecule has 5 rings (SSSR count). The van der Waals surface area contributed by atoms with Crippen LogP contribution in [0.2, 0.25) is 5.02 Å². The molecule has 0 saturated carbocycles. The number of nitrogens with one attached hydrogen (secondary N) is 1. The summed E-state index contributed by atoms with van der Waals surface area (Å²) < 4.78 is 28.3. The van der Waals surface area contributed by atoms with Crippen molar-refractivity contribution in [2.45, 2.75) is 45.0 Å². The summed E-state index contributed by atoms with van der Waals surface area (Å²) in [5.74, 6) is -0.656. The van der Waals surface area contributed by atoms with E-state index in [0.717, 1.165) is 0 Å². The summed E-state index contributed by atoms with van der Waals surface area (Å²) >= 11 is 6.16. The van der Waals surface area contributed by atoms with E-state index in [9.17, 15) is 23.9 Å². The highest BCUT2D eigenvalue weighted by Gasteiger charge is 2.29. The molecule has 3 aromatic rings. The van der Waals surface area contributed by atoms with Gasteiger partial charge in [0.1, 0.15) is 6.23 Å². The molecule has 0 fully saturated rings. The Bertz CT molecular complexity index is 1510. The van der Waals surface area contributed by atoms with Gasteiger partial charge in [-0.2, -0.15) is 19.1 Å². The summed E-state index contributed by atoms with van der Waals surface area (Å²) in [5, 5.41) is 27.8. The van der Waals surface area contributed by atoms with Gasteiger partial charge in [0.05, 0.1) is 40.9 Å². The first kappa shape index (κ1) is 26.5. The molecule has 8 nitrogen and oxygen atoms in total. The summed E-state index contributed by atoms with van der Waals surface area (Å²) in [5.41, 5.74) is 2.93. The largest absolute Gasteiger partial charge is 0.370 e. The molecule has 2 aliphatic heterocycles. The number of fused-ring (bicyclic) bond motifs is 4. The van der Waals surface area contributed by atoms with E-state index in [-0.39, 0.29) is 23.2 Å². The molecule has 2 bridgehead atoms. The lowest BCUT2D eigenvalue weighted by Gasteiger charge is -2.36. The number of carbonyl (C=O) groups is 1. The van der Waals surface area contributed by atoms with Crippen molar-refractivity contribution in [1.82, 2.24) is 19.7 Å². The number of carbonyl (C=O) groups excluding carboxylic acids is 1. The number of rotatable bonds is 3. The van der Waals surface area contributed by atoms with Crippen LogP contribution >= 0.6 is 11.6 Å². The Morgan fingerprint density at radius 3 is 2.82 bits per heavy atom. The van der Waals surface area contributed by atoms with Gasteiger partial charge in [0.2, 0.25) is 5.91 Å². The van der Waals surface area contributed by atoms with Gasteiger partial charge in [0.15, 0.2) is 0 Å². The van der Waals surface area contributed by atoms with Gasteiger partial charge < -0.3 is 15.3 Å². The van der Waals surface area contributed by atoms with Crippen molar-refractivity contribution in [3.63, 3.8) is 0 Å². The Morgan fingerprint density at radius 2 is 2.08 bits per heavy atom. The number of halogens is 3. The van der Waals surface area contributed by atoms with E-state index in [1.54, 1.807) is 60.5 Å². The number of nitrogens with zero attached hydrogens (tertiary/aromatic N) is 5. The zero-order valence-electron chi connectivity index (χ0n) is 20.9. The molecule has 0 radical (unpaired) electrons. The number of hydrogen-bond donors (Lipinski definition) is 2. The van der Waals surface area contributed by atoms with Crippen LogP contribution in [0, 0.1) is 17.2 Å². The predicted octanol–water partition coefficient (Wildman–Crippen LogP) is 5.90. The molecule has 2 N–H and O–H groups in total. The molecule has 11 heteroatoms. The van der Waals surface area contributed by atoms with E-state index in [1.165, 1.54) is 12.4 Å². The monoisotopic (exact) mass is 550 g/mol. The van der Waals surface area contributed by atoms with Crippen LogP contribution in [0.3, 0.4) is 0 Å². The third-order valence-corrected chi connectivity index (χ3v) is 7.26. The van der Waals surface area contributed by atoms with Gasteiger partial charge in [-0.15, -0.1) is 0 Å².